The molecule has 0 fully saturated rings. The molecule has 0 aliphatic heterocycles. The van der Waals surface area contributed by atoms with Crippen molar-refractivity contribution < 1.29 is 28.6 Å². The van der Waals surface area contributed by atoms with E-state index in [1.807, 2.05) is 0 Å². The van der Waals surface area contributed by atoms with E-state index in [0.29, 0.717) is 19.3 Å². The zero-order chi connectivity index (χ0) is 41.9. The largest absolute Gasteiger partial charge is 0.462 e. The second-order valence-electron chi connectivity index (χ2n) is 18.4. The van der Waals surface area contributed by atoms with Gasteiger partial charge in [0.1, 0.15) is 13.2 Å². The number of hydrogen-bond acceptors (Lipinski definition) is 6. The van der Waals surface area contributed by atoms with Crippen LogP contribution >= 0.6 is 0 Å². The third-order valence-electron chi connectivity index (χ3n) is 11.5. The van der Waals surface area contributed by atoms with Crippen LogP contribution in [0.15, 0.2) is 0 Å². The van der Waals surface area contributed by atoms with Gasteiger partial charge in [0.05, 0.1) is 0 Å². The van der Waals surface area contributed by atoms with E-state index in [9.17, 15) is 14.4 Å². The van der Waals surface area contributed by atoms with Gasteiger partial charge in [-0.1, -0.05) is 240 Å². The van der Waals surface area contributed by atoms with Crippen molar-refractivity contribution in [2.75, 3.05) is 13.2 Å². The first-order valence-electron chi connectivity index (χ1n) is 25.2. The maximum Gasteiger partial charge on any atom is 0.306 e. The maximum atomic E-state index is 12.8. The summed E-state index contributed by atoms with van der Waals surface area (Å²) < 4.78 is 16.8. The number of unbranched alkanes of at least 4 members (excludes halogenated alkanes) is 30. The van der Waals surface area contributed by atoms with Crippen LogP contribution in [0.25, 0.3) is 0 Å². The highest BCUT2D eigenvalue weighted by atomic mass is 16.6. The zero-order valence-electron chi connectivity index (χ0n) is 39.0. The van der Waals surface area contributed by atoms with Crippen LogP contribution < -0.4 is 0 Å². The summed E-state index contributed by atoms with van der Waals surface area (Å²) >= 11 is 0. The Morgan fingerprint density at radius 2 is 0.579 bits per heavy atom. The van der Waals surface area contributed by atoms with Crippen molar-refractivity contribution in [2.24, 2.45) is 11.8 Å². The molecule has 0 aromatic heterocycles. The van der Waals surface area contributed by atoms with Crippen LogP contribution in [-0.2, 0) is 28.6 Å². The molecule has 0 unspecified atom stereocenters. The Hall–Kier alpha value is -1.59. The van der Waals surface area contributed by atoms with E-state index in [2.05, 4.69) is 34.6 Å². The first-order valence-corrected chi connectivity index (χ1v) is 25.2. The standard InChI is InChI=1S/C51H98O6/c1-6-7-8-9-10-11-12-13-14-21-26-31-36-41-49(52)55-44-48(57-51(54)43-38-33-28-23-18-16-20-25-30-35-40-47(4)5)45-56-50(53)42-37-32-27-22-17-15-19-24-29-34-39-46(2)3/h46-48H,6-45H2,1-5H3/t48-/m1/s1. The van der Waals surface area contributed by atoms with Gasteiger partial charge in [0.25, 0.3) is 0 Å². The van der Waals surface area contributed by atoms with Crippen molar-refractivity contribution in [1.82, 2.24) is 0 Å². The number of carbonyl (C=O) groups excluding carboxylic acids is 3. The second kappa shape index (κ2) is 44.0. The average molecular weight is 807 g/mol. The summed E-state index contributed by atoms with van der Waals surface area (Å²) in [4.78, 5) is 37.9. The summed E-state index contributed by atoms with van der Waals surface area (Å²) in [6.45, 7) is 11.3. The van der Waals surface area contributed by atoms with Crippen molar-refractivity contribution in [3.05, 3.63) is 0 Å². The molecule has 0 amide bonds. The van der Waals surface area contributed by atoms with E-state index in [1.165, 1.54) is 167 Å². The first-order chi connectivity index (χ1) is 27.7. The molecule has 0 bridgehead atoms. The molecule has 338 valence electrons. The van der Waals surface area contributed by atoms with Crippen molar-refractivity contribution in [2.45, 2.75) is 285 Å². The minimum absolute atomic E-state index is 0.0640. The fourth-order valence-corrected chi connectivity index (χ4v) is 7.64. The molecule has 0 aromatic rings. The van der Waals surface area contributed by atoms with E-state index in [4.69, 9.17) is 14.2 Å². The van der Waals surface area contributed by atoms with E-state index < -0.39 is 6.10 Å². The van der Waals surface area contributed by atoms with Gasteiger partial charge in [-0.25, -0.2) is 0 Å². The van der Waals surface area contributed by atoms with Crippen LogP contribution in [0, 0.1) is 11.8 Å². The van der Waals surface area contributed by atoms with Crippen LogP contribution in [0.2, 0.25) is 0 Å². The quantitative estimate of drug-likeness (QED) is 0.0346. The molecule has 0 aromatic carbocycles. The number of hydrogen-bond donors (Lipinski definition) is 0. The van der Waals surface area contributed by atoms with Gasteiger partial charge >= 0.3 is 17.9 Å². The lowest BCUT2D eigenvalue weighted by Crippen LogP contribution is -2.30. The molecule has 0 rings (SSSR count). The van der Waals surface area contributed by atoms with Gasteiger partial charge in [-0.05, 0) is 31.1 Å². The molecular weight excluding hydrogens is 709 g/mol. The number of esters is 3. The highest BCUT2D eigenvalue weighted by molar-refractivity contribution is 5.71. The summed E-state index contributed by atoms with van der Waals surface area (Å²) in [6.07, 6.45) is 43.7. The Balaban J connectivity index is 4.33. The van der Waals surface area contributed by atoms with Crippen LogP contribution in [0.1, 0.15) is 279 Å². The molecule has 57 heavy (non-hydrogen) atoms. The molecule has 0 saturated heterocycles. The lowest BCUT2D eigenvalue weighted by atomic mass is 10.0. The maximum absolute atomic E-state index is 12.8. The predicted octanol–water partition coefficient (Wildman–Crippen LogP) is 16.1. The van der Waals surface area contributed by atoms with Crippen molar-refractivity contribution in [3.8, 4) is 0 Å². The van der Waals surface area contributed by atoms with Gasteiger partial charge in [0.2, 0.25) is 0 Å². The highest BCUT2D eigenvalue weighted by Gasteiger charge is 2.19. The lowest BCUT2D eigenvalue weighted by Gasteiger charge is -2.18. The Labute approximate surface area is 355 Å². The van der Waals surface area contributed by atoms with E-state index >= 15 is 0 Å². The molecule has 0 aliphatic rings. The van der Waals surface area contributed by atoms with Gasteiger partial charge in [0, 0.05) is 19.3 Å². The Kier molecular flexibility index (Phi) is 42.7. The molecule has 0 saturated carbocycles. The minimum atomic E-state index is -0.761. The third-order valence-corrected chi connectivity index (χ3v) is 11.5. The molecule has 6 nitrogen and oxygen atoms in total. The molecule has 6 heteroatoms. The van der Waals surface area contributed by atoms with Crippen LogP contribution in [0.3, 0.4) is 0 Å². The van der Waals surface area contributed by atoms with Crippen molar-refractivity contribution in [1.29, 1.82) is 0 Å². The molecule has 0 radical (unpaired) electrons. The summed E-state index contributed by atoms with van der Waals surface area (Å²) in [5.41, 5.74) is 0. The summed E-state index contributed by atoms with van der Waals surface area (Å²) in [5.74, 6) is 0.784. The van der Waals surface area contributed by atoms with Crippen LogP contribution in [0.5, 0.6) is 0 Å². The summed E-state index contributed by atoms with van der Waals surface area (Å²) in [7, 11) is 0. The highest BCUT2D eigenvalue weighted by Crippen LogP contribution is 2.17. The third kappa shape index (κ3) is 45.3. The van der Waals surface area contributed by atoms with E-state index in [1.54, 1.807) is 0 Å². The number of ether oxygens (including phenoxy) is 3. The summed E-state index contributed by atoms with van der Waals surface area (Å²) in [5, 5.41) is 0. The normalized spacial score (nSPS) is 12.1. The molecule has 0 N–H and O–H groups in total. The van der Waals surface area contributed by atoms with Crippen LogP contribution in [-0.4, -0.2) is 37.2 Å². The molecule has 1 atom stereocenters. The predicted molar refractivity (Wildman–Crippen MR) is 243 cm³/mol. The van der Waals surface area contributed by atoms with Gasteiger partial charge in [-0.3, -0.25) is 14.4 Å². The van der Waals surface area contributed by atoms with E-state index in [0.717, 1.165) is 69.6 Å². The lowest BCUT2D eigenvalue weighted by molar-refractivity contribution is -0.167. The molecule has 0 aliphatic carbocycles. The smallest absolute Gasteiger partial charge is 0.306 e. The Morgan fingerprint density at radius 3 is 0.860 bits per heavy atom. The topological polar surface area (TPSA) is 78.9 Å². The SMILES string of the molecule is CCCCCCCCCCCCCCCC(=O)OC[C@H](COC(=O)CCCCCCCCCCCCC(C)C)OC(=O)CCCCCCCCCCCCC(C)C. The first kappa shape index (κ1) is 55.4. The van der Waals surface area contributed by atoms with Crippen molar-refractivity contribution in [3.63, 3.8) is 0 Å². The van der Waals surface area contributed by atoms with Gasteiger partial charge in [0.15, 0.2) is 6.10 Å². The van der Waals surface area contributed by atoms with Crippen LogP contribution in [0.4, 0.5) is 0 Å². The fourth-order valence-electron chi connectivity index (χ4n) is 7.64. The Bertz CT molecular complexity index is 870. The molecule has 0 spiro atoms. The monoisotopic (exact) mass is 807 g/mol. The molecular formula is C51H98O6. The second-order valence-corrected chi connectivity index (χ2v) is 18.4. The zero-order valence-corrected chi connectivity index (χ0v) is 39.0. The fraction of sp³-hybridized carbons (Fsp3) is 0.941. The summed E-state index contributed by atoms with van der Waals surface area (Å²) in [6, 6.07) is 0. The van der Waals surface area contributed by atoms with E-state index in [-0.39, 0.29) is 31.1 Å². The minimum Gasteiger partial charge on any atom is -0.462 e. The Morgan fingerprint density at radius 1 is 0.333 bits per heavy atom. The number of rotatable bonds is 45. The number of carbonyl (C=O) groups is 3. The van der Waals surface area contributed by atoms with Gasteiger partial charge < -0.3 is 14.2 Å². The average Bonchev–Trinajstić information content (AvgIpc) is 3.18. The molecule has 0 heterocycles. The van der Waals surface area contributed by atoms with Gasteiger partial charge in [-0.15, -0.1) is 0 Å². The van der Waals surface area contributed by atoms with Gasteiger partial charge in [-0.2, -0.15) is 0 Å². The van der Waals surface area contributed by atoms with Crippen molar-refractivity contribution >= 4 is 17.9 Å².